The van der Waals surface area contributed by atoms with Crippen molar-refractivity contribution in [1.82, 2.24) is 5.32 Å². The van der Waals surface area contributed by atoms with Crippen LogP contribution in [-0.4, -0.2) is 42.1 Å². The summed E-state index contributed by atoms with van der Waals surface area (Å²) in [5.41, 5.74) is 0.407. The summed E-state index contributed by atoms with van der Waals surface area (Å²) in [4.78, 5) is 39.8. The van der Waals surface area contributed by atoms with Crippen LogP contribution in [0.2, 0.25) is 10.0 Å². The maximum absolute atomic E-state index is 14.4. The molecule has 2 aliphatic heterocycles. The number of nitrogens with one attached hydrogen (secondary N) is 3. The molecule has 1 fully saturated rings. The molecule has 5 rings (SSSR count). The maximum Gasteiger partial charge on any atom is 0.335 e. The number of carboxylic acids is 1. The van der Waals surface area contributed by atoms with Gasteiger partial charge in [-0.15, -0.1) is 0 Å². The van der Waals surface area contributed by atoms with Gasteiger partial charge in [-0.1, -0.05) is 56.1 Å². The van der Waals surface area contributed by atoms with E-state index in [4.69, 9.17) is 27.9 Å². The van der Waals surface area contributed by atoms with E-state index in [0.717, 1.165) is 0 Å². The normalized spacial score (nSPS) is 23.0. The summed E-state index contributed by atoms with van der Waals surface area (Å²) in [5.74, 6) is -3.25. The lowest BCUT2D eigenvalue weighted by molar-refractivity contribution is -0.122. The summed E-state index contributed by atoms with van der Waals surface area (Å²) in [6, 6.07) is 12.0. The van der Waals surface area contributed by atoms with Crippen LogP contribution in [0.4, 0.5) is 15.8 Å². The van der Waals surface area contributed by atoms with Gasteiger partial charge >= 0.3 is 5.97 Å². The molecule has 11 heteroatoms. The highest BCUT2D eigenvalue weighted by Gasteiger charge is 2.65. The van der Waals surface area contributed by atoms with Crippen LogP contribution in [0.3, 0.4) is 0 Å². The number of aromatic carboxylic acids is 1. The fraction of sp³-hybridized carbons (Fsp3) is 0.323. The van der Waals surface area contributed by atoms with Crippen molar-refractivity contribution in [1.29, 1.82) is 0 Å². The van der Waals surface area contributed by atoms with Gasteiger partial charge in [-0.3, -0.25) is 9.59 Å². The van der Waals surface area contributed by atoms with Crippen LogP contribution in [0.15, 0.2) is 54.6 Å². The average Bonchev–Trinajstić information content (AvgIpc) is 3.39. The molecule has 0 aromatic heterocycles. The molecular weight excluding hydrogens is 584 g/mol. The molecule has 1 unspecified atom stereocenters. The van der Waals surface area contributed by atoms with E-state index < -0.39 is 41.1 Å². The molecular formula is C31H30Cl2FN3O5. The van der Waals surface area contributed by atoms with Gasteiger partial charge in [0.05, 0.1) is 29.4 Å². The summed E-state index contributed by atoms with van der Waals surface area (Å²) in [6.45, 7) is 6.14. The second-order valence-electron chi connectivity index (χ2n) is 11.8. The van der Waals surface area contributed by atoms with Crippen LogP contribution in [0, 0.1) is 11.2 Å². The number of methoxy groups -OCH3 is 1. The minimum Gasteiger partial charge on any atom is -0.495 e. The molecule has 0 radical (unpaired) electrons. The van der Waals surface area contributed by atoms with Crippen molar-refractivity contribution in [3.8, 4) is 5.75 Å². The standard InChI is InChI=1S/C31H30Cl2FN3O5/c1-30(2,3)14-24-31(18-8-7-17(32)13-22(18)36-29(31)41)25(15-5-9-20(34)19(33)11-15)26(37-24)27(38)35-21-10-6-16(28(39)40)12-23(21)42-4/h5-13,24-26,37H,14H2,1-4H3,(H,35,38)(H,36,41)(H,39,40)/t24-,25-,26+,31?/m0/s1. The van der Waals surface area contributed by atoms with E-state index in [1.54, 1.807) is 24.3 Å². The van der Waals surface area contributed by atoms with Gasteiger partial charge in [0.15, 0.2) is 0 Å². The maximum atomic E-state index is 14.4. The number of ether oxygens (including phenoxy) is 1. The van der Waals surface area contributed by atoms with Gasteiger partial charge in [0.2, 0.25) is 11.8 Å². The third-order valence-electron chi connectivity index (χ3n) is 7.91. The number of anilines is 2. The van der Waals surface area contributed by atoms with Crippen LogP contribution in [-0.2, 0) is 15.0 Å². The molecule has 2 aliphatic rings. The number of carbonyl (C=O) groups excluding carboxylic acids is 2. The Hall–Kier alpha value is -3.66. The van der Waals surface area contributed by atoms with E-state index in [9.17, 15) is 23.9 Å². The van der Waals surface area contributed by atoms with Crippen LogP contribution >= 0.6 is 23.2 Å². The number of halogens is 3. The minimum absolute atomic E-state index is 0.00948. The Morgan fingerprint density at radius 1 is 1.10 bits per heavy atom. The number of benzene rings is 3. The Bertz CT molecular complexity index is 1610. The molecule has 2 amide bonds. The van der Waals surface area contributed by atoms with Gasteiger partial charge in [0.25, 0.3) is 0 Å². The van der Waals surface area contributed by atoms with Crippen molar-refractivity contribution in [2.75, 3.05) is 17.7 Å². The third-order valence-corrected chi connectivity index (χ3v) is 8.44. The van der Waals surface area contributed by atoms with Crippen molar-refractivity contribution in [3.63, 3.8) is 0 Å². The summed E-state index contributed by atoms with van der Waals surface area (Å²) in [7, 11) is 1.37. The first-order chi connectivity index (χ1) is 19.8. The lowest BCUT2D eigenvalue weighted by atomic mass is 9.62. The van der Waals surface area contributed by atoms with Crippen molar-refractivity contribution in [3.05, 3.63) is 87.2 Å². The smallest absolute Gasteiger partial charge is 0.335 e. The van der Waals surface area contributed by atoms with Crippen LogP contribution in [0.25, 0.3) is 0 Å². The van der Waals surface area contributed by atoms with Gasteiger partial charge in [-0.25, -0.2) is 9.18 Å². The molecule has 0 aliphatic carbocycles. The molecule has 3 aromatic carbocycles. The number of hydrogen-bond acceptors (Lipinski definition) is 5. The van der Waals surface area contributed by atoms with Crippen LogP contribution in [0.5, 0.6) is 5.75 Å². The van der Waals surface area contributed by atoms with Crippen molar-refractivity contribution >= 4 is 52.4 Å². The Labute approximate surface area is 252 Å². The van der Waals surface area contributed by atoms with Crippen LogP contribution in [0.1, 0.15) is 54.6 Å². The first kappa shape index (κ1) is 29.8. The number of amides is 2. The summed E-state index contributed by atoms with van der Waals surface area (Å²) >= 11 is 12.5. The lowest BCUT2D eigenvalue weighted by Crippen LogP contribution is -2.49. The molecule has 1 spiro atoms. The zero-order valence-electron chi connectivity index (χ0n) is 23.3. The molecule has 1 saturated heterocycles. The molecule has 220 valence electrons. The Morgan fingerprint density at radius 3 is 2.48 bits per heavy atom. The monoisotopic (exact) mass is 613 g/mol. The lowest BCUT2D eigenvalue weighted by Gasteiger charge is -2.37. The second kappa shape index (κ2) is 10.9. The van der Waals surface area contributed by atoms with E-state index in [1.165, 1.54) is 37.4 Å². The molecule has 0 saturated carbocycles. The Morgan fingerprint density at radius 2 is 1.83 bits per heavy atom. The Kier molecular flexibility index (Phi) is 7.72. The van der Waals surface area contributed by atoms with Crippen molar-refractivity contribution in [2.45, 2.75) is 50.6 Å². The summed E-state index contributed by atoms with van der Waals surface area (Å²) < 4.78 is 19.7. The van der Waals surface area contributed by atoms with Crippen LogP contribution < -0.4 is 20.7 Å². The van der Waals surface area contributed by atoms with Gasteiger partial charge < -0.3 is 25.8 Å². The number of fused-ring (bicyclic) bond motifs is 2. The SMILES string of the molecule is COc1cc(C(=O)O)ccc1NC(=O)[C@@H]1N[C@@H](CC(C)(C)C)C2(C(=O)Nc3cc(Cl)ccc32)[C@H]1c1ccc(F)c(Cl)c1. The van der Waals surface area contributed by atoms with Crippen molar-refractivity contribution < 1.29 is 28.6 Å². The largest absolute Gasteiger partial charge is 0.495 e. The predicted octanol–water partition coefficient (Wildman–Crippen LogP) is 6.23. The minimum atomic E-state index is -1.28. The van der Waals surface area contributed by atoms with E-state index in [-0.39, 0.29) is 33.3 Å². The molecule has 4 atom stereocenters. The van der Waals surface area contributed by atoms with E-state index in [2.05, 4.69) is 16.0 Å². The topological polar surface area (TPSA) is 117 Å². The predicted molar refractivity (Wildman–Crippen MR) is 159 cm³/mol. The molecule has 4 N–H and O–H groups in total. The fourth-order valence-corrected chi connectivity index (χ4v) is 6.63. The third kappa shape index (κ3) is 5.10. The molecule has 8 nitrogen and oxygen atoms in total. The number of carboxylic acid groups (broad SMARTS) is 1. The highest BCUT2D eigenvalue weighted by atomic mass is 35.5. The quantitative estimate of drug-likeness (QED) is 0.262. The fourth-order valence-electron chi connectivity index (χ4n) is 6.27. The first-order valence-corrected chi connectivity index (χ1v) is 14.1. The highest BCUT2D eigenvalue weighted by molar-refractivity contribution is 6.31. The van der Waals surface area contributed by atoms with Gasteiger partial charge in [-0.05, 0) is 65.4 Å². The first-order valence-electron chi connectivity index (χ1n) is 13.3. The summed E-state index contributed by atoms with van der Waals surface area (Å²) in [6.07, 6.45) is 0.508. The van der Waals surface area contributed by atoms with E-state index in [1.807, 2.05) is 20.8 Å². The van der Waals surface area contributed by atoms with Crippen molar-refractivity contribution in [2.24, 2.45) is 5.41 Å². The molecule has 42 heavy (non-hydrogen) atoms. The average molecular weight is 615 g/mol. The molecule has 3 aromatic rings. The van der Waals surface area contributed by atoms with E-state index >= 15 is 0 Å². The summed E-state index contributed by atoms with van der Waals surface area (Å²) in [5, 5.41) is 19.0. The van der Waals surface area contributed by atoms with E-state index in [0.29, 0.717) is 28.3 Å². The molecule has 2 heterocycles. The van der Waals surface area contributed by atoms with Gasteiger partial charge in [0.1, 0.15) is 17.0 Å². The zero-order chi connectivity index (χ0) is 30.6. The Balaban J connectivity index is 1.69. The van der Waals surface area contributed by atoms with Gasteiger partial charge in [0, 0.05) is 22.7 Å². The number of hydrogen-bond donors (Lipinski definition) is 4. The highest BCUT2D eigenvalue weighted by Crippen LogP contribution is 2.57. The zero-order valence-corrected chi connectivity index (χ0v) is 24.9. The van der Waals surface area contributed by atoms with Gasteiger partial charge in [-0.2, -0.15) is 0 Å². The second-order valence-corrected chi connectivity index (χ2v) is 12.7. The number of carbonyl (C=O) groups is 3. The molecule has 0 bridgehead atoms. The number of rotatable bonds is 6.